The van der Waals surface area contributed by atoms with Crippen molar-refractivity contribution in [1.82, 2.24) is 0 Å². The molecule has 0 aromatic heterocycles. The summed E-state index contributed by atoms with van der Waals surface area (Å²) in [6, 6.07) is 0. The van der Waals surface area contributed by atoms with Crippen LogP contribution in [0.2, 0.25) is 5.31 Å². The van der Waals surface area contributed by atoms with Crippen LogP contribution in [0.3, 0.4) is 0 Å². The Hall–Kier alpha value is 0.970. The van der Waals surface area contributed by atoms with Gasteiger partial charge in [0, 0.05) is 0 Å². The molecule has 0 aromatic carbocycles. The van der Waals surface area contributed by atoms with E-state index < -0.39 is 0 Å². The van der Waals surface area contributed by atoms with Gasteiger partial charge >= 0.3 is 36.0 Å². The van der Waals surface area contributed by atoms with Gasteiger partial charge in [0.1, 0.15) is 0 Å². The van der Waals surface area contributed by atoms with Crippen molar-refractivity contribution in [3.63, 3.8) is 0 Å². The molecule has 0 aromatic rings. The zero-order valence-corrected chi connectivity index (χ0v) is 8.34. The average Bonchev–Trinajstić information content (AvgIpc) is 0.811. The molecule has 0 radical (unpaired) electrons. The summed E-state index contributed by atoms with van der Waals surface area (Å²) in [5, 5.41) is 2.42. The Bertz CT molecular complexity index is 12.8. The van der Waals surface area contributed by atoms with E-state index >= 15 is 0 Å². The van der Waals surface area contributed by atoms with E-state index in [0.29, 0.717) is 0 Å². The van der Waals surface area contributed by atoms with Crippen molar-refractivity contribution in [1.29, 1.82) is 0 Å². The molecule has 0 bridgehead atoms. The van der Waals surface area contributed by atoms with Gasteiger partial charge in [0.2, 0.25) is 0 Å². The third-order valence-corrected chi connectivity index (χ3v) is 0. The van der Waals surface area contributed by atoms with E-state index in [9.17, 15) is 0 Å². The fourth-order valence-electron chi connectivity index (χ4n) is 0. The van der Waals surface area contributed by atoms with Crippen molar-refractivity contribution < 1.29 is 16.4 Å². The van der Waals surface area contributed by atoms with E-state index in [0.717, 1.165) is 0 Å². The quantitative estimate of drug-likeness (QED) is 0.453. The van der Waals surface area contributed by atoms with Crippen LogP contribution in [0.15, 0.2) is 0 Å². The van der Waals surface area contributed by atoms with Crippen molar-refractivity contribution in [3.05, 3.63) is 0 Å². The maximum atomic E-state index is 2.42. The van der Waals surface area contributed by atoms with Crippen molar-refractivity contribution >= 4 is 14.3 Å². The van der Waals surface area contributed by atoms with Crippen LogP contribution in [0.5, 0.6) is 0 Å². The van der Waals surface area contributed by atoms with Gasteiger partial charge in [-0.25, -0.2) is 0 Å². The minimum absolute atomic E-state index is 0.389. The van der Waals surface area contributed by atoms with E-state index in [1.165, 1.54) is 0 Å². The number of rotatable bonds is 0. The Morgan fingerprint density at radius 1 is 2.00 bits per heavy atom. The normalized spacial score (nSPS) is 9.50. The van der Waals surface area contributed by atoms with Crippen LogP contribution in [0.1, 0.15) is 0 Å². The van der Waals surface area contributed by atoms with Crippen LogP contribution in [0.25, 0.3) is 0 Å². The summed E-state index contributed by atoms with van der Waals surface area (Å²) in [5.74, 6) is 0. The monoisotopic (exact) mass is 243 g/mol. The van der Waals surface area contributed by atoms with E-state index in [-0.39, 0.29) is 16.4 Å². The molecule has 0 N–H and O–H groups in total. The van der Waals surface area contributed by atoms with E-state index in [2.05, 4.69) is 11.4 Å². The zero-order valence-electron chi connectivity index (χ0n) is 3.41. The summed E-state index contributed by atoms with van der Waals surface area (Å²) in [5.41, 5.74) is 0. The summed E-state index contributed by atoms with van der Waals surface area (Å²) >= 11 is -0.389. The summed E-state index contributed by atoms with van der Waals surface area (Å²) in [4.78, 5) is 0. The van der Waals surface area contributed by atoms with Crippen LogP contribution < -0.4 is 0 Å². The molecule has 0 nitrogen and oxygen atoms in total. The molecule has 0 aliphatic heterocycles. The fourth-order valence-corrected chi connectivity index (χ4v) is 0. The van der Waals surface area contributed by atoms with Crippen LogP contribution in [0, 0.1) is 0 Å². The van der Waals surface area contributed by atoms with Crippen LogP contribution in [-0.2, 0) is 16.4 Å². The second-order valence-corrected chi connectivity index (χ2v) is 23.4. The van der Waals surface area contributed by atoms with Gasteiger partial charge in [-0.05, 0) is 0 Å². The molecule has 3 heteroatoms. The molecule has 0 aliphatic carbocycles. The van der Waals surface area contributed by atoms with Gasteiger partial charge in [0.25, 0.3) is 0 Å². The first-order valence-electron chi connectivity index (χ1n) is 1.22. The summed E-state index contributed by atoms with van der Waals surface area (Å²) in [7, 11) is 1.54. The molecule has 25 valence electrons. The third-order valence-electron chi connectivity index (χ3n) is 0. The first kappa shape index (κ1) is 4.97. The average molecular weight is 243 g/mol. The minimum atomic E-state index is -0.389. The van der Waals surface area contributed by atoms with E-state index in [4.69, 9.17) is 0 Å². The first-order valence-corrected chi connectivity index (χ1v) is 16.7. The summed E-state index contributed by atoms with van der Waals surface area (Å²) in [6.45, 7) is 0. The maximum absolute atomic E-state index is 2.42. The van der Waals surface area contributed by atoms with Gasteiger partial charge in [0.05, 0.1) is 0 Å². The van der Waals surface area contributed by atoms with E-state index in [1.807, 2.05) is 0 Å². The van der Waals surface area contributed by atoms with Crippen molar-refractivity contribution in [2.45, 2.75) is 5.31 Å². The Morgan fingerprint density at radius 2 is 2.00 bits per heavy atom. The van der Waals surface area contributed by atoms with Crippen molar-refractivity contribution in [2.75, 3.05) is 0 Å². The Balaban J connectivity index is 2.32. The molecule has 4 heavy (non-hydrogen) atoms. The Kier molecular flexibility index (Phi) is 2.76. The van der Waals surface area contributed by atoms with Gasteiger partial charge in [-0.2, -0.15) is 0 Å². The second kappa shape index (κ2) is 2.22. The first-order chi connectivity index (χ1) is 1.73. The van der Waals surface area contributed by atoms with Gasteiger partial charge in [-0.1, -0.05) is 0 Å². The molecular formula is CH8BSiW. The Labute approximate surface area is 36.4 Å². The van der Waals surface area contributed by atoms with Crippen LogP contribution in [-0.4, -0.2) is 14.3 Å². The summed E-state index contributed by atoms with van der Waals surface area (Å²) in [6.07, 6.45) is 2.42. The van der Waals surface area contributed by atoms with Crippen LogP contribution >= 0.6 is 0 Å². The molecule has 0 aliphatic rings. The number of hydrogen-bond acceptors (Lipinski definition) is 0. The summed E-state index contributed by atoms with van der Waals surface area (Å²) < 4.78 is 0. The zero-order chi connectivity index (χ0) is 3.58. The van der Waals surface area contributed by atoms with Gasteiger partial charge < -0.3 is 0 Å². The molecule has 0 atom stereocenters. The molecule has 0 spiro atoms. The SMILES string of the molecule is [BH2][W]([CH3])[SiH3]. The van der Waals surface area contributed by atoms with Gasteiger partial charge in [-0.3, -0.25) is 0 Å². The Morgan fingerprint density at radius 3 is 2.00 bits per heavy atom. The molecule has 0 saturated carbocycles. The predicted octanol–water partition coefficient (Wildman–Crippen LogP) is -1.52. The van der Waals surface area contributed by atoms with Crippen molar-refractivity contribution in [3.8, 4) is 0 Å². The predicted molar refractivity (Wildman–Crippen MR) is 24.3 cm³/mol. The molecule has 0 unspecified atom stereocenters. The third kappa shape index (κ3) is 12.2. The molecule has 0 amide bonds. The molecule has 0 saturated heterocycles. The van der Waals surface area contributed by atoms with E-state index in [1.54, 1.807) is 8.21 Å². The van der Waals surface area contributed by atoms with Gasteiger partial charge in [0.15, 0.2) is 0 Å². The molecule has 0 fully saturated rings. The van der Waals surface area contributed by atoms with Crippen molar-refractivity contribution in [2.24, 2.45) is 0 Å². The fraction of sp³-hybridized carbons (Fsp3) is 1.00. The molecular weight excluding hydrogens is 235 g/mol. The van der Waals surface area contributed by atoms with Crippen LogP contribution in [0.4, 0.5) is 0 Å². The topological polar surface area (TPSA) is 0 Å². The second-order valence-electron chi connectivity index (χ2n) is 1.22. The molecule has 0 heterocycles. The molecule has 0 rings (SSSR count). The standard InChI is InChI=1S/CH3.BH2.H3Si.W/h1H3;1H2;1H3;/q;+1;;-1. The number of hydrogen-bond donors (Lipinski definition) is 0. The van der Waals surface area contributed by atoms with Gasteiger partial charge in [-0.15, -0.1) is 0 Å².